The number of benzene rings is 5. The van der Waals surface area contributed by atoms with E-state index < -0.39 is 0 Å². The van der Waals surface area contributed by atoms with Crippen molar-refractivity contribution in [1.29, 1.82) is 0 Å². The van der Waals surface area contributed by atoms with Crippen molar-refractivity contribution in [1.82, 2.24) is 9.55 Å². The van der Waals surface area contributed by atoms with Crippen LogP contribution in [0.2, 0.25) is 0 Å². The number of aromatic nitrogens is 2. The molecule has 3 nitrogen and oxygen atoms in total. The van der Waals surface area contributed by atoms with E-state index in [-0.39, 0.29) is 0 Å². The first-order chi connectivity index (χ1) is 20.8. The van der Waals surface area contributed by atoms with Gasteiger partial charge in [0.2, 0.25) is 0 Å². The number of hydrogen-bond donors (Lipinski definition) is 0. The van der Waals surface area contributed by atoms with Crippen molar-refractivity contribution in [3.63, 3.8) is 0 Å². The van der Waals surface area contributed by atoms with Crippen LogP contribution < -0.4 is 4.90 Å². The molecule has 0 spiro atoms. The van der Waals surface area contributed by atoms with Gasteiger partial charge in [-0.1, -0.05) is 79.4 Å². The van der Waals surface area contributed by atoms with Crippen molar-refractivity contribution >= 4 is 59.5 Å². The Labute approximate surface area is 248 Å². The molecule has 8 rings (SSSR count). The summed E-state index contributed by atoms with van der Waals surface area (Å²) in [5.74, 6) is 0.933. The van der Waals surface area contributed by atoms with E-state index in [1.54, 1.807) is 0 Å². The van der Waals surface area contributed by atoms with Crippen molar-refractivity contribution in [3.8, 4) is 17.1 Å². The van der Waals surface area contributed by atoms with Crippen molar-refractivity contribution in [2.24, 2.45) is 0 Å². The number of hydrogen-bond acceptors (Lipinski definition) is 3. The van der Waals surface area contributed by atoms with Gasteiger partial charge in [0.1, 0.15) is 5.82 Å². The highest BCUT2D eigenvalue weighted by Gasteiger charge is 2.21. The van der Waals surface area contributed by atoms with Gasteiger partial charge in [-0.05, 0) is 72.3 Å². The maximum atomic E-state index is 5.06. The van der Waals surface area contributed by atoms with E-state index in [0.29, 0.717) is 0 Å². The van der Waals surface area contributed by atoms with Gasteiger partial charge in [0.15, 0.2) is 0 Å². The molecule has 1 aliphatic rings. The van der Waals surface area contributed by atoms with Crippen LogP contribution >= 0.6 is 11.3 Å². The lowest BCUT2D eigenvalue weighted by molar-refractivity contribution is 1.09. The lowest BCUT2D eigenvalue weighted by Crippen LogP contribution is -2.18. The van der Waals surface area contributed by atoms with Crippen molar-refractivity contribution in [2.45, 2.75) is 0 Å². The second kappa shape index (κ2) is 10.0. The van der Waals surface area contributed by atoms with Crippen LogP contribution in [0.25, 0.3) is 53.9 Å². The van der Waals surface area contributed by atoms with Crippen LogP contribution in [0.1, 0.15) is 5.56 Å². The normalized spacial score (nSPS) is 15.0. The number of rotatable bonds is 3. The molecule has 0 amide bonds. The fraction of sp³-hybridized carbons (Fsp3) is 0.0263. The summed E-state index contributed by atoms with van der Waals surface area (Å²) in [5, 5.41) is 2.56. The van der Waals surface area contributed by atoms with E-state index >= 15 is 0 Å². The lowest BCUT2D eigenvalue weighted by Gasteiger charge is -2.27. The molecule has 7 aromatic rings. The molecule has 0 fully saturated rings. The maximum absolute atomic E-state index is 5.06. The van der Waals surface area contributed by atoms with Crippen molar-refractivity contribution in [2.75, 3.05) is 11.4 Å². The predicted octanol–water partition coefficient (Wildman–Crippen LogP) is 10.3. The molecule has 0 unspecified atom stereocenters. The number of anilines is 2. The smallest absolute Gasteiger partial charge is 0.145 e. The first kappa shape index (κ1) is 24.6. The van der Waals surface area contributed by atoms with Crippen molar-refractivity contribution in [3.05, 3.63) is 152 Å². The highest BCUT2D eigenvalue weighted by molar-refractivity contribution is 7.25. The van der Waals surface area contributed by atoms with E-state index in [2.05, 4.69) is 143 Å². The van der Waals surface area contributed by atoms with Gasteiger partial charge in [0, 0.05) is 49.2 Å². The molecule has 0 saturated carbocycles. The van der Waals surface area contributed by atoms with Gasteiger partial charge in [-0.2, -0.15) is 0 Å². The highest BCUT2D eigenvalue weighted by Crippen LogP contribution is 2.44. The van der Waals surface area contributed by atoms with Gasteiger partial charge in [-0.3, -0.25) is 4.57 Å². The Bertz CT molecular complexity index is 2180. The van der Waals surface area contributed by atoms with Gasteiger partial charge < -0.3 is 4.90 Å². The van der Waals surface area contributed by atoms with Crippen LogP contribution in [0.3, 0.4) is 0 Å². The highest BCUT2D eigenvalue weighted by atomic mass is 32.1. The van der Waals surface area contributed by atoms with Gasteiger partial charge in [0.25, 0.3) is 0 Å². The van der Waals surface area contributed by atoms with Crippen molar-refractivity contribution < 1.29 is 0 Å². The van der Waals surface area contributed by atoms with E-state index in [1.807, 2.05) is 23.5 Å². The summed E-state index contributed by atoms with van der Waals surface area (Å²) in [5.41, 5.74) is 8.75. The minimum Gasteiger partial charge on any atom is -0.337 e. The third-order valence-corrected chi connectivity index (χ3v) is 9.11. The zero-order chi connectivity index (χ0) is 28.0. The third-order valence-electron chi connectivity index (χ3n) is 7.98. The van der Waals surface area contributed by atoms with Crippen LogP contribution in [0, 0.1) is 0 Å². The Balaban J connectivity index is 1.28. The first-order valence-corrected chi connectivity index (χ1v) is 15.0. The summed E-state index contributed by atoms with van der Waals surface area (Å²) in [6.45, 7) is 5.27. The molecule has 0 radical (unpaired) electrons. The summed E-state index contributed by atoms with van der Waals surface area (Å²) < 4.78 is 4.83. The molecule has 0 atom stereocenters. The minimum absolute atomic E-state index is 0.750. The quantitative estimate of drug-likeness (QED) is 0.215. The standard InChI is InChI=1S/C38H27N3S/c1-26-12-4-3-11-25-40(33-23-24-35-37(36(26)33)30-15-7-10-18-34(30)42-35)28-21-19-27(20-22-28)38-39-31-16-8-9-17-32(31)41(38)29-13-5-2-6-14-29/h2-24H,1,25H2/b11-3-,12-4-. The Morgan fingerprint density at radius 3 is 2.36 bits per heavy atom. The molecule has 0 bridgehead atoms. The SMILES string of the molecule is C=C1/C=C\C=C/CN(c2ccc(-c3nc4ccccc4n3-c3ccccc3)cc2)c2ccc3sc4ccccc4c3c21. The average Bonchev–Trinajstić information content (AvgIpc) is 3.63. The van der Waals surface area contributed by atoms with Gasteiger partial charge in [0.05, 0.1) is 16.7 Å². The van der Waals surface area contributed by atoms with Gasteiger partial charge in [-0.15, -0.1) is 11.3 Å². The van der Waals surface area contributed by atoms with E-state index in [0.717, 1.165) is 51.6 Å². The molecule has 42 heavy (non-hydrogen) atoms. The molecule has 4 heteroatoms. The molecule has 5 aromatic carbocycles. The molecular formula is C38H27N3S. The summed E-state index contributed by atoms with van der Waals surface area (Å²) in [7, 11) is 0. The van der Waals surface area contributed by atoms with Crippen LogP contribution in [-0.4, -0.2) is 16.1 Å². The van der Waals surface area contributed by atoms with Gasteiger partial charge in [-0.25, -0.2) is 4.98 Å². The largest absolute Gasteiger partial charge is 0.337 e. The predicted molar refractivity (Wildman–Crippen MR) is 180 cm³/mol. The fourth-order valence-electron chi connectivity index (χ4n) is 6.05. The number of para-hydroxylation sites is 3. The Hall–Kier alpha value is -5.19. The molecule has 1 aliphatic heterocycles. The van der Waals surface area contributed by atoms with E-state index in [1.165, 1.54) is 25.7 Å². The monoisotopic (exact) mass is 557 g/mol. The minimum atomic E-state index is 0.750. The lowest BCUT2D eigenvalue weighted by atomic mass is 9.97. The number of fused-ring (bicyclic) bond motifs is 6. The second-order valence-electron chi connectivity index (χ2n) is 10.5. The van der Waals surface area contributed by atoms with Crippen LogP contribution in [0.4, 0.5) is 11.4 Å². The zero-order valence-electron chi connectivity index (χ0n) is 22.9. The fourth-order valence-corrected chi connectivity index (χ4v) is 7.16. The molecular weight excluding hydrogens is 531 g/mol. The van der Waals surface area contributed by atoms with E-state index in [4.69, 9.17) is 4.98 Å². The number of thiophene rings is 1. The number of allylic oxidation sites excluding steroid dienone is 4. The second-order valence-corrected chi connectivity index (χ2v) is 11.6. The summed E-state index contributed by atoms with van der Waals surface area (Å²) in [4.78, 5) is 7.45. The Morgan fingerprint density at radius 2 is 1.48 bits per heavy atom. The molecule has 0 N–H and O–H groups in total. The zero-order valence-corrected chi connectivity index (χ0v) is 23.8. The van der Waals surface area contributed by atoms with Crippen LogP contribution in [0.5, 0.6) is 0 Å². The maximum Gasteiger partial charge on any atom is 0.145 e. The molecule has 3 heterocycles. The Kier molecular flexibility index (Phi) is 5.87. The first-order valence-electron chi connectivity index (χ1n) is 14.1. The molecule has 0 saturated heterocycles. The average molecular weight is 558 g/mol. The summed E-state index contributed by atoms with van der Waals surface area (Å²) >= 11 is 1.84. The third kappa shape index (κ3) is 3.99. The summed E-state index contributed by atoms with van der Waals surface area (Å²) in [6.07, 6.45) is 8.54. The molecule has 2 aromatic heterocycles. The van der Waals surface area contributed by atoms with Gasteiger partial charge >= 0.3 is 0 Å². The summed E-state index contributed by atoms with van der Waals surface area (Å²) in [6, 6.07) is 40.8. The topological polar surface area (TPSA) is 21.1 Å². The number of imidazole rings is 1. The number of nitrogens with zero attached hydrogens (tertiary/aromatic N) is 3. The molecule has 200 valence electrons. The van der Waals surface area contributed by atoms with Crippen LogP contribution in [-0.2, 0) is 0 Å². The van der Waals surface area contributed by atoms with E-state index in [9.17, 15) is 0 Å². The van der Waals surface area contributed by atoms with Crippen LogP contribution in [0.15, 0.2) is 146 Å². The molecule has 0 aliphatic carbocycles. The Morgan fingerprint density at radius 1 is 0.690 bits per heavy atom.